The molecule has 3 atom stereocenters. The van der Waals surface area contributed by atoms with E-state index < -0.39 is 53.7 Å². The maximum absolute atomic E-state index is 14.1. The first-order valence-corrected chi connectivity index (χ1v) is 13.5. The first-order valence-electron chi connectivity index (χ1n) is 12.5. The minimum Gasteiger partial charge on any atom is -0.445 e. The van der Waals surface area contributed by atoms with Gasteiger partial charge in [-0.15, -0.1) is 24.9 Å². The van der Waals surface area contributed by atoms with E-state index in [9.17, 15) is 32.7 Å². The van der Waals surface area contributed by atoms with Gasteiger partial charge in [-0.1, -0.05) is 73.3 Å². The molecule has 1 aliphatic rings. The van der Waals surface area contributed by atoms with Crippen molar-refractivity contribution in [2.75, 3.05) is 12.5 Å². The summed E-state index contributed by atoms with van der Waals surface area (Å²) in [4.78, 5) is 40.2. The molecule has 2 N–H and O–H groups in total. The second-order valence-electron chi connectivity index (χ2n) is 9.74. The predicted octanol–water partition coefficient (Wildman–Crippen LogP) is 4.10. The number of carbonyl (C=O) groups excluding carboxylic acids is 3. The lowest BCUT2D eigenvalue weighted by molar-refractivity contribution is -0.246. The van der Waals surface area contributed by atoms with E-state index in [1.54, 1.807) is 62.4 Å². The number of nitrogens with zero attached hydrogens (tertiary/aromatic N) is 2. The van der Waals surface area contributed by atoms with E-state index in [0.29, 0.717) is 5.56 Å². The summed E-state index contributed by atoms with van der Waals surface area (Å²) < 4.78 is 46.3. The molecule has 1 heterocycles. The topological polar surface area (TPSA) is 99.2 Å². The molecule has 1 fully saturated rings. The quantitative estimate of drug-likeness (QED) is 0.325. The van der Waals surface area contributed by atoms with Gasteiger partial charge in [0.05, 0.1) is 18.5 Å². The van der Waals surface area contributed by atoms with Crippen LogP contribution in [0.3, 0.4) is 0 Å². The van der Waals surface area contributed by atoms with Gasteiger partial charge in [-0.2, -0.15) is 0 Å². The third-order valence-corrected chi connectivity index (χ3v) is 7.76. The monoisotopic (exact) mass is 579 g/mol. The van der Waals surface area contributed by atoms with E-state index >= 15 is 0 Å². The van der Waals surface area contributed by atoms with E-state index in [1.165, 1.54) is 18.2 Å². The van der Waals surface area contributed by atoms with E-state index in [2.05, 4.69) is 11.9 Å². The Morgan fingerprint density at radius 3 is 2.27 bits per heavy atom. The lowest BCUT2D eigenvalue weighted by atomic mass is 9.97. The fraction of sp³-hybridized carbons (Fsp3) is 0.393. The number of alkyl carbamates (subject to hydrolysis) is 1. The van der Waals surface area contributed by atoms with Crippen LogP contribution in [0, 0.1) is 0 Å². The Hall–Kier alpha value is -3.51. The van der Waals surface area contributed by atoms with Gasteiger partial charge in [0, 0.05) is 4.75 Å². The van der Waals surface area contributed by atoms with Crippen LogP contribution in [0.25, 0.3) is 0 Å². The fourth-order valence-corrected chi connectivity index (χ4v) is 5.51. The lowest BCUT2D eigenvalue weighted by Crippen LogP contribution is -2.60. The summed E-state index contributed by atoms with van der Waals surface area (Å²) in [6.07, 6.45) is -6.45. The van der Waals surface area contributed by atoms with Crippen LogP contribution in [0.5, 0.6) is 0 Å². The van der Waals surface area contributed by atoms with Crippen LogP contribution in [-0.4, -0.2) is 74.5 Å². The number of aliphatic hydroxyl groups excluding tert-OH is 1. The molecule has 216 valence electrons. The summed E-state index contributed by atoms with van der Waals surface area (Å²) in [5.41, 5.74) is 0.943. The highest BCUT2D eigenvalue weighted by atomic mass is 32.2. The van der Waals surface area contributed by atoms with Gasteiger partial charge in [-0.05, 0) is 31.4 Å². The van der Waals surface area contributed by atoms with Gasteiger partial charge in [-0.25, -0.2) is 9.69 Å². The number of benzene rings is 2. The van der Waals surface area contributed by atoms with Crippen molar-refractivity contribution in [1.29, 1.82) is 0 Å². The highest BCUT2D eigenvalue weighted by Gasteiger charge is 2.54. The highest BCUT2D eigenvalue weighted by Crippen LogP contribution is 2.42. The number of alkyl halides is 3. The molecule has 0 bridgehead atoms. The number of carbonyl (C=O) groups is 3. The molecule has 8 nitrogen and oxygen atoms in total. The standard InChI is InChI=1S/C28H32F3N3O5S/c1-4-15-39-26(38)32-21(16-19-11-7-5-8-12-19)22(35)24(36)33-18-40-27(2,3)23(33)25(37)34(28(29,30)31)17-20-13-9-6-10-14-20/h4-14,21-23,35H,1,15-18H2,2-3H3,(H,32,38)/t21-,22+,23?/m1/s1. The molecule has 1 saturated heterocycles. The van der Waals surface area contributed by atoms with Gasteiger partial charge in [-0.3, -0.25) is 9.59 Å². The van der Waals surface area contributed by atoms with Crippen molar-refractivity contribution in [2.24, 2.45) is 0 Å². The zero-order valence-electron chi connectivity index (χ0n) is 22.1. The molecule has 0 aromatic heterocycles. The Morgan fingerprint density at radius 2 is 1.73 bits per heavy atom. The van der Waals surface area contributed by atoms with Gasteiger partial charge in [0.15, 0.2) is 6.10 Å². The maximum atomic E-state index is 14.1. The van der Waals surface area contributed by atoms with Gasteiger partial charge >= 0.3 is 12.4 Å². The molecule has 1 unspecified atom stereocenters. The van der Waals surface area contributed by atoms with Crippen molar-refractivity contribution < 1.29 is 37.4 Å². The zero-order chi connectivity index (χ0) is 29.5. The van der Waals surface area contributed by atoms with Crippen molar-refractivity contribution in [3.63, 3.8) is 0 Å². The Labute approximate surface area is 235 Å². The summed E-state index contributed by atoms with van der Waals surface area (Å²) in [7, 11) is 0. The predicted molar refractivity (Wildman–Crippen MR) is 145 cm³/mol. The van der Waals surface area contributed by atoms with Gasteiger partial charge in [0.1, 0.15) is 12.6 Å². The summed E-state index contributed by atoms with van der Waals surface area (Å²) in [5.74, 6) is -2.43. The Morgan fingerprint density at radius 1 is 1.15 bits per heavy atom. The normalized spacial score (nSPS) is 17.9. The maximum Gasteiger partial charge on any atom is 0.487 e. The lowest BCUT2D eigenvalue weighted by Gasteiger charge is -2.37. The number of amides is 3. The fourth-order valence-electron chi connectivity index (χ4n) is 4.37. The molecule has 0 saturated carbocycles. The van der Waals surface area contributed by atoms with Crippen LogP contribution in [0.2, 0.25) is 0 Å². The Balaban J connectivity index is 1.89. The van der Waals surface area contributed by atoms with Crippen molar-refractivity contribution >= 4 is 29.7 Å². The average Bonchev–Trinajstić information content (AvgIpc) is 3.24. The van der Waals surface area contributed by atoms with Gasteiger partial charge in [0.25, 0.3) is 11.8 Å². The average molecular weight is 580 g/mol. The number of ether oxygens (including phenoxy) is 1. The first-order chi connectivity index (χ1) is 18.8. The molecule has 1 aliphatic heterocycles. The van der Waals surface area contributed by atoms with Crippen molar-refractivity contribution in [3.05, 3.63) is 84.4 Å². The van der Waals surface area contributed by atoms with Crippen molar-refractivity contribution in [3.8, 4) is 0 Å². The molecule has 2 aromatic rings. The summed E-state index contributed by atoms with van der Waals surface area (Å²) >= 11 is 1.12. The smallest absolute Gasteiger partial charge is 0.445 e. The molecule has 12 heteroatoms. The zero-order valence-corrected chi connectivity index (χ0v) is 23.0. The van der Waals surface area contributed by atoms with Crippen LogP contribution in [0.4, 0.5) is 18.0 Å². The van der Waals surface area contributed by atoms with E-state index in [-0.39, 0.29) is 29.4 Å². The number of hydrogen-bond donors (Lipinski definition) is 2. The van der Waals surface area contributed by atoms with Gasteiger partial charge in [0.2, 0.25) is 0 Å². The van der Waals surface area contributed by atoms with Crippen molar-refractivity contribution in [1.82, 2.24) is 15.1 Å². The summed E-state index contributed by atoms with van der Waals surface area (Å²) in [6.45, 7) is 5.75. The number of thioether (sulfide) groups is 1. The van der Waals surface area contributed by atoms with E-state index in [0.717, 1.165) is 16.7 Å². The number of halogens is 3. The van der Waals surface area contributed by atoms with E-state index in [1.807, 2.05) is 0 Å². The molecule has 2 aromatic carbocycles. The molecule has 0 aliphatic carbocycles. The van der Waals surface area contributed by atoms with Crippen LogP contribution >= 0.6 is 11.8 Å². The van der Waals surface area contributed by atoms with Crippen LogP contribution in [-0.2, 0) is 27.3 Å². The largest absolute Gasteiger partial charge is 0.487 e. The van der Waals surface area contributed by atoms with Crippen LogP contribution in [0.15, 0.2) is 73.3 Å². The third kappa shape index (κ3) is 7.79. The molecule has 0 spiro atoms. The number of hydrogen-bond acceptors (Lipinski definition) is 6. The molecule has 0 radical (unpaired) electrons. The van der Waals surface area contributed by atoms with E-state index in [4.69, 9.17) is 4.74 Å². The second-order valence-corrected chi connectivity index (χ2v) is 11.3. The molecule has 3 rings (SSSR count). The minimum atomic E-state index is -5.02. The number of aliphatic hydroxyl groups is 1. The summed E-state index contributed by atoms with van der Waals surface area (Å²) in [5, 5.41) is 13.6. The first kappa shape index (κ1) is 31.0. The number of rotatable bonds is 10. The molecule has 40 heavy (non-hydrogen) atoms. The minimum absolute atomic E-state index is 0.0165. The van der Waals surface area contributed by atoms with Crippen LogP contribution in [0.1, 0.15) is 25.0 Å². The summed E-state index contributed by atoms with van der Waals surface area (Å²) in [6, 6.07) is 13.7. The Bertz CT molecular complexity index is 1180. The van der Waals surface area contributed by atoms with Crippen molar-refractivity contribution in [2.45, 2.75) is 56.0 Å². The molecule has 3 amide bonds. The van der Waals surface area contributed by atoms with Gasteiger partial charge < -0.3 is 20.1 Å². The van der Waals surface area contributed by atoms with Crippen LogP contribution < -0.4 is 5.32 Å². The second kappa shape index (κ2) is 13.2. The highest BCUT2D eigenvalue weighted by molar-refractivity contribution is 8.00. The third-order valence-electron chi connectivity index (χ3n) is 6.39. The molecular formula is C28H32F3N3O5S. The SMILES string of the molecule is C=CCOC(=O)N[C@H](Cc1ccccc1)[C@H](O)C(=O)N1CSC(C)(C)C1C(=O)N(Cc1ccccc1)C(F)(F)F. The number of nitrogens with one attached hydrogen (secondary N) is 1. The Kier molecular flexibility index (Phi) is 10.3. The molecular weight excluding hydrogens is 547 g/mol.